The Hall–Kier alpha value is -6.58. The number of hydrogen-bond acceptors (Lipinski definition) is 2. The predicted octanol–water partition coefficient (Wildman–Crippen LogP) is 34.6. The Morgan fingerprint density at radius 1 is 0.217 bits per heavy atom. The Morgan fingerprint density at radius 2 is 0.481 bits per heavy atom. The van der Waals surface area contributed by atoms with Crippen LogP contribution in [0.3, 0.4) is 0 Å². The van der Waals surface area contributed by atoms with Crippen molar-refractivity contribution in [3.05, 3.63) is 224 Å². The minimum absolute atomic E-state index is 0.0410. The lowest BCUT2D eigenvalue weighted by molar-refractivity contribution is 0.396. The summed E-state index contributed by atoms with van der Waals surface area (Å²) in [6.45, 7) is 9.37. The first-order valence-corrected chi connectivity index (χ1v) is 45.5. The van der Waals surface area contributed by atoms with Crippen LogP contribution in [0.2, 0.25) is 0 Å². The Balaban J connectivity index is 1.01. The fourth-order valence-corrected chi connectivity index (χ4v) is 19.7. The van der Waals surface area contributed by atoms with Crippen molar-refractivity contribution in [2.24, 2.45) is 0 Å². The van der Waals surface area contributed by atoms with Crippen LogP contribution < -0.4 is 0 Å². The van der Waals surface area contributed by atoms with Crippen LogP contribution in [0.5, 0.6) is 0 Å². The standard InChI is InChI=1S/C104H134S2/c1-5-9-13-17-21-25-29-33-37-47-71-103(72-48-38-34-30-26-22-18-14-10-6-2)99-79-85(83-53-43-41-44-54-83)61-67-93(99)94-68-62-86(80-100(94)103)87-63-69-95-96-70-64-90(98-78-88(59-65-91-57-51-75-105-91)97(84-55-45-42-46-56-84)77-89(98)60-66-92-58-52-76-106-92)82-102(96)104(101(95)81-87,73-49-39-35-31-27-23-19-15-11-7-3)74-50-40-36-32-28-24-20-16-12-8-4/h41-46,51-70,75-82H,5-40,47-50,71-74H2,1-4H3/b65-59+,66-60+. The average molecular weight is 1450 g/mol. The lowest BCUT2D eigenvalue weighted by Gasteiger charge is -2.34. The largest absolute Gasteiger partial charge is 0.144 e. The number of fused-ring (bicyclic) bond motifs is 6. The molecule has 106 heavy (non-hydrogen) atoms. The molecule has 2 heteroatoms. The molecule has 0 bridgehead atoms. The highest BCUT2D eigenvalue weighted by molar-refractivity contribution is 7.11. The third-order valence-corrected chi connectivity index (χ3v) is 26.2. The molecule has 562 valence electrons. The zero-order valence-corrected chi connectivity index (χ0v) is 68.2. The van der Waals surface area contributed by atoms with Gasteiger partial charge >= 0.3 is 0 Å². The molecule has 0 aliphatic heterocycles. The highest BCUT2D eigenvalue weighted by Gasteiger charge is 2.45. The number of rotatable bonds is 52. The first-order valence-electron chi connectivity index (χ1n) is 43.8. The lowest BCUT2D eigenvalue weighted by atomic mass is 9.69. The summed E-state index contributed by atoms with van der Waals surface area (Å²) < 4.78 is 0. The first kappa shape index (κ1) is 80.4. The van der Waals surface area contributed by atoms with Gasteiger partial charge in [0.25, 0.3) is 0 Å². The number of unbranched alkanes of at least 4 members (excludes halogenated alkanes) is 36. The third kappa shape index (κ3) is 22.3. The van der Waals surface area contributed by atoms with E-state index in [9.17, 15) is 0 Å². The monoisotopic (exact) mass is 1450 g/mol. The van der Waals surface area contributed by atoms with E-state index in [1.165, 1.54) is 370 Å². The van der Waals surface area contributed by atoms with Crippen LogP contribution in [-0.4, -0.2) is 0 Å². The molecule has 0 nitrogen and oxygen atoms in total. The van der Waals surface area contributed by atoms with Gasteiger partial charge in [-0.2, -0.15) is 0 Å². The molecule has 0 fully saturated rings. The second kappa shape index (κ2) is 44.2. The number of thiophene rings is 2. The van der Waals surface area contributed by atoms with Crippen molar-refractivity contribution < 1.29 is 0 Å². The van der Waals surface area contributed by atoms with E-state index in [1.807, 2.05) is 22.7 Å². The second-order valence-corrected chi connectivity index (χ2v) is 34.3. The van der Waals surface area contributed by atoms with Gasteiger partial charge in [0.05, 0.1) is 0 Å². The fraction of sp³-hybridized carbons (Fsp3) is 0.481. The predicted molar refractivity (Wildman–Crippen MR) is 473 cm³/mol. The van der Waals surface area contributed by atoms with E-state index in [1.54, 1.807) is 22.3 Å². The van der Waals surface area contributed by atoms with Crippen LogP contribution in [-0.2, 0) is 10.8 Å². The minimum atomic E-state index is -0.120. The maximum Gasteiger partial charge on any atom is 0.0270 e. The summed E-state index contributed by atoms with van der Waals surface area (Å²) in [6.07, 6.45) is 68.6. The summed E-state index contributed by atoms with van der Waals surface area (Å²) in [7, 11) is 0. The van der Waals surface area contributed by atoms with E-state index < -0.39 is 0 Å². The highest BCUT2D eigenvalue weighted by atomic mass is 32.1. The number of benzene rings is 7. The van der Waals surface area contributed by atoms with E-state index in [0.29, 0.717) is 0 Å². The van der Waals surface area contributed by atoms with Gasteiger partial charge in [-0.3, -0.25) is 0 Å². The van der Waals surface area contributed by atoms with E-state index in [0.717, 1.165) is 0 Å². The summed E-state index contributed by atoms with van der Waals surface area (Å²) in [4.78, 5) is 2.55. The van der Waals surface area contributed by atoms with Gasteiger partial charge in [-0.05, 0) is 197 Å². The minimum Gasteiger partial charge on any atom is -0.144 e. The van der Waals surface area contributed by atoms with Crippen molar-refractivity contribution in [3.63, 3.8) is 0 Å². The quantitative estimate of drug-likeness (QED) is 0.0333. The highest BCUT2D eigenvalue weighted by Crippen LogP contribution is 2.59. The van der Waals surface area contributed by atoms with Crippen LogP contribution in [0.1, 0.15) is 353 Å². The molecule has 9 aromatic rings. The molecule has 0 unspecified atom stereocenters. The third-order valence-electron chi connectivity index (χ3n) is 24.5. The van der Waals surface area contributed by atoms with Crippen molar-refractivity contribution in [2.75, 3.05) is 0 Å². The van der Waals surface area contributed by atoms with Gasteiger partial charge in [-0.25, -0.2) is 0 Å². The van der Waals surface area contributed by atoms with Crippen molar-refractivity contribution in [1.82, 2.24) is 0 Å². The topological polar surface area (TPSA) is 0 Å². The SMILES string of the molecule is CCCCCCCCCCCCC1(CCCCCCCCCCCC)c2cc(-c3ccccc3)ccc2-c2ccc(-c3ccc4c(c3)C(CCCCCCCCCCCC)(CCCCCCCCCCCC)c3cc(-c5cc(/C=C/c6cccs6)c(-c6ccccc6)cc5/C=C/c5cccs5)ccc3-4)cc21. The molecule has 0 radical (unpaired) electrons. The maximum absolute atomic E-state index is 2.78. The Morgan fingerprint density at radius 3 is 0.783 bits per heavy atom. The van der Waals surface area contributed by atoms with Gasteiger partial charge in [-0.1, -0.05) is 418 Å². The Kier molecular flexibility index (Phi) is 33.5. The molecule has 11 rings (SSSR count). The van der Waals surface area contributed by atoms with Crippen LogP contribution in [0.15, 0.2) is 181 Å². The molecule has 2 heterocycles. The molecule has 0 N–H and O–H groups in total. The molecule has 0 atom stereocenters. The van der Waals surface area contributed by atoms with E-state index >= 15 is 0 Å². The molecule has 2 aliphatic carbocycles. The summed E-state index contributed by atoms with van der Waals surface area (Å²) in [5.41, 5.74) is 25.3. The maximum atomic E-state index is 2.78. The molecule has 2 aromatic heterocycles. The summed E-state index contributed by atoms with van der Waals surface area (Å²) in [5, 5.41) is 4.40. The fourth-order valence-electron chi connectivity index (χ4n) is 18.5. The summed E-state index contributed by atoms with van der Waals surface area (Å²) in [6, 6.07) is 67.7. The molecule has 0 amide bonds. The summed E-state index contributed by atoms with van der Waals surface area (Å²) in [5.74, 6) is 0. The molecule has 7 aromatic carbocycles. The molecule has 0 spiro atoms. The molecular formula is C104H134S2. The molecule has 0 saturated carbocycles. The van der Waals surface area contributed by atoms with Gasteiger partial charge in [0.1, 0.15) is 0 Å². The molecule has 0 saturated heterocycles. The van der Waals surface area contributed by atoms with Crippen molar-refractivity contribution >= 4 is 47.0 Å². The second-order valence-electron chi connectivity index (χ2n) is 32.4. The first-order chi connectivity index (χ1) is 52.5. The van der Waals surface area contributed by atoms with Gasteiger partial charge in [-0.15, -0.1) is 22.7 Å². The van der Waals surface area contributed by atoms with Gasteiger partial charge in [0.15, 0.2) is 0 Å². The zero-order valence-electron chi connectivity index (χ0n) is 66.6. The van der Waals surface area contributed by atoms with Crippen molar-refractivity contribution in [2.45, 2.75) is 321 Å². The normalized spacial score (nSPS) is 13.3. The van der Waals surface area contributed by atoms with E-state index in [2.05, 4.69) is 233 Å². The van der Waals surface area contributed by atoms with Gasteiger partial charge in [0, 0.05) is 20.6 Å². The average Bonchev–Trinajstić information content (AvgIpc) is 1.56. The number of hydrogen-bond donors (Lipinski definition) is 0. The molecular weight excluding hydrogens is 1310 g/mol. The van der Waals surface area contributed by atoms with Gasteiger partial charge in [0.2, 0.25) is 0 Å². The van der Waals surface area contributed by atoms with Crippen LogP contribution in [0.4, 0.5) is 0 Å². The Bertz CT molecular complexity index is 3970. The summed E-state index contributed by atoms with van der Waals surface area (Å²) >= 11 is 3.63. The lowest BCUT2D eigenvalue weighted by Crippen LogP contribution is -2.26. The zero-order chi connectivity index (χ0) is 73.1. The Labute approximate surface area is 653 Å². The van der Waals surface area contributed by atoms with Crippen LogP contribution in [0.25, 0.3) is 91.1 Å². The van der Waals surface area contributed by atoms with Gasteiger partial charge < -0.3 is 0 Å². The van der Waals surface area contributed by atoms with Crippen LogP contribution >= 0.6 is 22.7 Å². The molecule has 2 aliphatic rings. The van der Waals surface area contributed by atoms with E-state index in [-0.39, 0.29) is 10.8 Å². The van der Waals surface area contributed by atoms with Crippen molar-refractivity contribution in [3.8, 4) is 66.8 Å². The smallest absolute Gasteiger partial charge is 0.0270 e. The van der Waals surface area contributed by atoms with E-state index in [4.69, 9.17) is 0 Å². The van der Waals surface area contributed by atoms with Crippen molar-refractivity contribution in [1.29, 1.82) is 0 Å². The van der Waals surface area contributed by atoms with Crippen LogP contribution in [0, 0.1) is 0 Å².